The Morgan fingerprint density at radius 1 is 1.37 bits per heavy atom. The fourth-order valence-electron chi connectivity index (χ4n) is 1.78. The first kappa shape index (κ1) is 16.2. The van der Waals surface area contributed by atoms with Gasteiger partial charge in [-0.3, -0.25) is 0 Å². The first-order valence-electron chi connectivity index (χ1n) is 6.80. The van der Waals surface area contributed by atoms with E-state index in [0.29, 0.717) is 6.04 Å². The molecule has 1 aromatic rings. The molecule has 0 saturated heterocycles. The number of hydrogen-bond donors (Lipinski definition) is 1. The first-order valence-corrected chi connectivity index (χ1v) is 8.20. The largest absolute Gasteiger partial charge is 0.365 e. The Morgan fingerprint density at radius 2 is 2.05 bits per heavy atom. The highest BCUT2D eigenvalue weighted by Crippen LogP contribution is 2.19. The van der Waals surface area contributed by atoms with Gasteiger partial charge in [-0.15, -0.1) is 0 Å². The van der Waals surface area contributed by atoms with E-state index in [1.807, 2.05) is 17.8 Å². The van der Waals surface area contributed by atoms with E-state index in [4.69, 9.17) is 4.98 Å². The average molecular weight is 281 g/mol. The lowest BCUT2D eigenvalue weighted by atomic mass is 10.1. The van der Waals surface area contributed by atoms with Gasteiger partial charge in [0, 0.05) is 18.6 Å². The average Bonchev–Trinajstić information content (AvgIpc) is 2.33. The summed E-state index contributed by atoms with van der Waals surface area (Å²) in [5, 5.41) is 3.42. The van der Waals surface area contributed by atoms with Crippen LogP contribution in [-0.4, -0.2) is 35.6 Å². The van der Waals surface area contributed by atoms with Gasteiger partial charge >= 0.3 is 0 Å². The van der Waals surface area contributed by atoms with E-state index in [1.54, 1.807) is 0 Å². The quantitative estimate of drug-likeness (QED) is 0.857. The minimum absolute atomic E-state index is 0.0364. The summed E-state index contributed by atoms with van der Waals surface area (Å²) in [5.41, 5.74) is 0.0364. The molecule has 0 spiro atoms. The highest BCUT2D eigenvalue weighted by molar-refractivity contribution is 7.98. The van der Waals surface area contributed by atoms with E-state index in [2.05, 4.69) is 63.3 Å². The molecule has 1 N–H and O–H groups in total. The fraction of sp³-hybridized carbons (Fsp3) is 0.667. The molecule has 0 radical (unpaired) electrons. The second-order valence-corrected chi connectivity index (χ2v) is 6.98. The summed E-state index contributed by atoms with van der Waals surface area (Å²) >= 11 is 1.89. The van der Waals surface area contributed by atoms with Gasteiger partial charge in [-0.2, -0.15) is 11.8 Å². The van der Waals surface area contributed by atoms with Gasteiger partial charge in [0.05, 0.1) is 0 Å². The summed E-state index contributed by atoms with van der Waals surface area (Å²) < 4.78 is 0. The molecule has 0 saturated carbocycles. The summed E-state index contributed by atoms with van der Waals surface area (Å²) in [4.78, 5) is 6.95. The third-order valence-corrected chi connectivity index (χ3v) is 3.64. The Morgan fingerprint density at radius 3 is 2.63 bits per heavy atom. The smallest absolute Gasteiger partial charge is 0.130 e. The molecule has 0 fully saturated rings. The third kappa shape index (κ3) is 5.72. The van der Waals surface area contributed by atoms with Crippen molar-refractivity contribution in [2.24, 2.45) is 0 Å². The van der Waals surface area contributed by atoms with Gasteiger partial charge in [-0.1, -0.05) is 6.07 Å². The molecule has 1 heterocycles. The minimum Gasteiger partial charge on any atom is -0.365 e. The molecule has 4 heteroatoms. The number of nitrogens with one attached hydrogen (secondary N) is 1. The van der Waals surface area contributed by atoms with Crippen molar-refractivity contribution in [2.75, 3.05) is 29.3 Å². The van der Waals surface area contributed by atoms with Crippen molar-refractivity contribution in [3.63, 3.8) is 0 Å². The zero-order chi connectivity index (χ0) is 14.5. The normalized spacial score (nSPS) is 13.2. The molecule has 0 amide bonds. The van der Waals surface area contributed by atoms with Crippen LogP contribution in [0, 0.1) is 0 Å². The summed E-state index contributed by atoms with van der Waals surface area (Å²) in [6.07, 6.45) is 3.33. The van der Waals surface area contributed by atoms with Crippen molar-refractivity contribution >= 4 is 23.4 Å². The molecule has 0 bridgehead atoms. The predicted molar refractivity (Wildman–Crippen MR) is 88.5 cm³/mol. The first-order chi connectivity index (χ1) is 8.83. The second kappa shape index (κ2) is 7.04. The fourth-order valence-corrected chi connectivity index (χ4v) is 2.36. The zero-order valence-electron chi connectivity index (χ0n) is 13.0. The van der Waals surface area contributed by atoms with Crippen LogP contribution in [0.3, 0.4) is 0 Å². The van der Waals surface area contributed by atoms with Crippen LogP contribution in [0.4, 0.5) is 11.6 Å². The number of hydrogen-bond acceptors (Lipinski definition) is 4. The van der Waals surface area contributed by atoms with E-state index >= 15 is 0 Å². The Bertz CT molecular complexity index is 387. The van der Waals surface area contributed by atoms with Gasteiger partial charge in [0.15, 0.2) is 0 Å². The Kier molecular flexibility index (Phi) is 5.98. The Hall–Kier alpha value is -0.900. The van der Waals surface area contributed by atoms with Crippen molar-refractivity contribution in [3.05, 3.63) is 18.2 Å². The van der Waals surface area contributed by atoms with Crippen LogP contribution in [0.15, 0.2) is 18.2 Å². The third-order valence-electron chi connectivity index (χ3n) is 3.00. The zero-order valence-corrected chi connectivity index (χ0v) is 13.8. The molecular weight excluding hydrogens is 254 g/mol. The van der Waals surface area contributed by atoms with Crippen molar-refractivity contribution < 1.29 is 0 Å². The standard InChI is InChI=1S/C15H27N3S/c1-12(10-11-19-6)18(5)14-9-7-8-13(16-14)17-15(2,3)4/h7-9,12H,10-11H2,1-6H3,(H,16,17). The Balaban J connectivity index is 2.75. The molecule has 1 aromatic heterocycles. The lowest BCUT2D eigenvalue weighted by Gasteiger charge is -2.27. The molecular formula is C15H27N3S. The van der Waals surface area contributed by atoms with Crippen LogP contribution in [0.5, 0.6) is 0 Å². The number of anilines is 2. The predicted octanol–water partition coefficient (Wildman–Crippen LogP) is 3.87. The monoisotopic (exact) mass is 281 g/mol. The van der Waals surface area contributed by atoms with Gasteiger partial charge < -0.3 is 10.2 Å². The lowest BCUT2D eigenvalue weighted by molar-refractivity contribution is 0.628. The summed E-state index contributed by atoms with van der Waals surface area (Å²) in [5.74, 6) is 3.16. The van der Waals surface area contributed by atoms with Crippen molar-refractivity contribution in [1.82, 2.24) is 4.98 Å². The van der Waals surface area contributed by atoms with Gasteiger partial charge in [0.2, 0.25) is 0 Å². The van der Waals surface area contributed by atoms with E-state index in [9.17, 15) is 0 Å². The Labute approximate surface area is 122 Å². The van der Waals surface area contributed by atoms with Gasteiger partial charge in [0.1, 0.15) is 11.6 Å². The molecule has 1 rings (SSSR count). The highest BCUT2D eigenvalue weighted by Gasteiger charge is 2.13. The summed E-state index contributed by atoms with van der Waals surface area (Å²) in [7, 11) is 2.12. The molecule has 0 aliphatic rings. The van der Waals surface area contributed by atoms with Gasteiger partial charge in [0.25, 0.3) is 0 Å². The van der Waals surface area contributed by atoms with E-state index < -0.39 is 0 Å². The van der Waals surface area contributed by atoms with Crippen LogP contribution >= 0.6 is 11.8 Å². The molecule has 108 valence electrons. The summed E-state index contributed by atoms with van der Waals surface area (Å²) in [6.45, 7) is 8.69. The number of aromatic nitrogens is 1. The van der Waals surface area contributed by atoms with Gasteiger partial charge in [-0.05, 0) is 58.3 Å². The van der Waals surface area contributed by atoms with Crippen LogP contribution in [0.2, 0.25) is 0 Å². The molecule has 0 aromatic carbocycles. The maximum absolute atomic E-state index is 4.70. The van der Waals surface area contributed by atoms with Gasteiger partial charge in [-0.25, -0.2) is 4.98 Å². The van der Waals surface area contributed by atoms with Crippen LogP contribution in [0.25, 0.3) is 0 Å². The molecule has 0 aliphatic carbocycles. The molecule has 19 heavy (non-hydrogen) atoms. The highest BCUT2D eigenvalue weighted by atomic mass is 32.2. The molecule has 3 nitrogen and oxygen atoms in total. The molecule has 1 atom stereocenters. The van der Waals surface area contributed by atoms with Crippen molar-refractivity contribution in [2.45, 2.75) is 45.7 Å². The number of nitrogens with zero attached hydrogens (tertiary/aromatic N) is 2. The van der Waals surface area contributed by atoms with Crippen molar-refractivity contribution in [3.8, 4) is 0 Å². The topological polar surface area (TPSA) is 28.2 Å². The second-order valence-electron chi connectivity index (χ2n) is 6.00. The molecule has 0 aliphatic heterocycles. The van der Waals surface area contributed by atoms with E-state index in [1.165, 1.54) is 12.2 Å². The SMILES string of the molecule is CSCCC(C)N(C)c1cccc(NC(C)(C)C)n1. The van der Waals surface area contributed by atoms with E-state index in [0.717, 1.165) is 11.6 Å². The molecule has 1 unspecified atom stereocenters. The summed E-state index contributed by atoms with van der Waals surface area (Å²) in [6, 6.07) is 6.66. The van der Waals surface area contributed by atoms with Crippen molar-refractivity contribution in [1.29, 1.82) is 0 Å². The maximum atomic E-state index is 4.70. The number of rotatable bonds is 6. The minimum atomic E-state index is 0.0364. The number of thioether (sulfide) groups is 1. The van der Waals surface area contributed by atoms with Crippen LogP contribution in [0.1, 0.15) is 34.1 Å². The van der Waals surface area contributed by atoms with E-state index in [-0.39, 0.29) is 5.54 Å². The van der Waals surface area contributed by atoms with Crippen LogP contribution < -0.4 is 10.2 Å². The maximum Gasteiger partial charge on any atom is 0.130 e. The number of pyridine rings is 1. The van der Waals surface area contributed by atoms with Crippen LogP contribution in [-0.2, 0) is 0 Å². The lowest BCUT2D eigenvalue weighted by Crippen LogP contribution is -2.31.